The minimum absolute atomic E-state index is 0.161. The number of hydrogen-bond acceptors (Lipinski definition) is 6. The molecule has 3 rings (SSSR count). The van der Waals surface area contributed by atoms with Crippen molar-refractivity contribution in [3.63, 3.8) is 0 Å². The van der Waals surface area contributed by atoms with Gasteiger partial charge >= 0.3 is 0 Å². The molecule has 0 fully saturated rings. The number of aromatic nitrogens is 4. The zero-order valence-corrected chi connectivity index (χ0v) is 14.6. The molecule has 26 heavy (non-hydrogen) atoms. The molecule has 0 bridgehead atoms. The van der Waals surface area contributed by atoms with E-state index in [2.05, 4.69) is 15.4 Å². The molecule has 134 valence electrons. The number of nitrogens with one attached hydrogen (secondary N) is 1. The number of carbonyl (C=O) groups excluding carboxylic acids is 1. The van der Waals surface area contributed by atoms with Crippen LogP contribution >= 0.6 is 0 Å². The normalized spacial score (nSPS) is 10.7. The monoisotopic (exact) mass is 354 g/mol. The van der Waals surface area contributed by atoms with Gasteiger partial charge in [-0.15, -0.1) is 0 Å². The molecule has 3 aromatic rings. The number of aryl methyl sites for hydroxylation is 2. The highest BCUT2D eigenvalue weighted by Crippen LogP contribution is 2.27. The molecule has 2 heterocycles. The van der Waals surface area contributed by atoms with Gasteiger partial charge in [0.15, 0.2) is 5.82 Å². The van der Waals surface area contributed by atoms with Crippen LogP contribution in [0.25, 0.3) is 0 Å². The van der Waals surface area contributed by atoms with Crippen LogP contribution in [-0.4, -0.2) is 30.0 Å². The van der Waals surface area contributed by atoms with Crippen molar-refractivity contribution in [2.24, 2.45) is 14.1 Å². The molecule has 1 N–H and O–H groups in total. The second kappa shape index (κ2) is 6.79. The first-order chi connectivity index (χ1) is 12.4. The van der Waals surface area contributed by atoms with Gasteiger partial charge in [-0.1, -0.05) is 0 Å². The third-order valence-corrected chi connectivity index (χ3v) is 4.29. The summed E-state index contributed by atoms with van der Waals surface area (Å²) in [4.78, 5) is 27.4. The van der Waals surface area contributed by atoms with Gasteiger partial charge in [-0.05, 0) is 19.1 Å². The number of hydrogen-bond donors (Lipinski definition) is 1. The predicted molar refractivity (Wildman–Crippen MR) is 95.0 cm³/mol. The lowest BCUT2D eigenvalue weighted by Crippen LogP contribution is -2.10. The van der Waals surface area contributed by atoms with Crippen LogP contribution in [-0.2, 0) is 20.6 Å². The molecular weight excluding hydrogens is 336 g/mol. The zero-order chi connectivity index (χ0) is 18.8. The van der Waals surface area contributed by atoms with Crippen molar-refractivity contribution in [1.29, 1.82) is 0 Å². The second-order valence-corrected chi connectivity index (χ2v) is 5.91. The van der Waals surface area contributed by atoms with E-state index in [1.165, 1.54) is 12.3 Å². The standard InChI is InChI=1S/C17H18N6O3/c1-11-13(10-20-22(11)3)9-19-14-5-4-12(8-15(14)23(25)26)16(24)17-18-6-7-21(17)2/h4-8,10,19H,9H2,1-3H3. The highest BCUT2D eigenvalue weighted by molar-refractivity contribution is 6.07. The fourth-order valence-electron chi connectivity index (χ4n) is 2.60. The Hall–Kier alpha value is -3.49. The molecule has 0 radical (unpaired) electrons. The Labute approximate surface area is 149 Å². The number of nitro benzene ring substituents is 1. The Morgan fingerprint density at radius 2 is 2.12 bits per heavy atom. The molecule has 2 aromatic heterocycles. The van der Waals surface area contributed by atoms with Crippen LogP contribution in [0.2, 0.25) is 0 Å². The fourth-order valence-corrected chi connectivity index (χ4v) is 2.60. The van der Waals surface area contributed by atoms with Crippen LogP contribution in [0.1, 0.15) is 27.4 Å². The molecule has 0 saturated carbocycles. The summed E-state index contributed by atoms with van der Waals surface area (Å²) in [6.45, 7) is 2.32. The van der Waals surface area contributed by atoms with Gasteiger partial charge in [0, 0.05) is 55.9 Å². The maximum absolute atomic E-state index is 12.5. The summed E-state index contributed by atoms with van der Waals surface area (Å²) in [6.07, 6.45) is 4.87. The van der Waals surface area contributed by atoms with E-state index >= 15 is 0 Å². The van der Waals surface area contributed by atoms with Crippen LogP contribution in [0, 0.1) is 17.0 Å². The first kappa shape index (κ1) is 17.3. The third-order valence-electron chi connectivity index (χ3n) is 4.29. The summed E-state index contributed by atoms with van der Waals surface area (Å²) in [5.74, 6) is -0.138. The Morgan fingerprint density at radius 3 is 2.69 bits per heavy atom. The van der Waals surface area contributed by atoms with Crippen molar-refractivity contribution in [2.75, 3.05) is 5.32 Å². The lowest BCUT2D eigenvalue weighted by Gasteiger charge is -2.08. The van der Waals surface area contributed by atoms with Gasteiger partial charge in [0.25, 0.3) is 5.69 Å². The summed E-state index contributed by atoms with van der Waals surface area (Å²) < 4.78 is 3.31. The molecule has 0 aliphatic rings. The number of benzene rings is 1. The van der Waals surface area contributed by atoms with E-state index in [9.17, 15) is 14.9 Å². The van der Waals surface area contributed by atoms with Gasteiger partial charge in [0.2, 0.25) is 5.78 Å². The molecule has 0 aliphatic carbocycles. The molecule has 0 atom stereocenters. The fraction of sp³-hybridized carbons (Fsp3) is 0.235. The number of nitro groups is 1. The van der Waals surface area contributed by atoms with Gasteiger partial charge < -0.3 is 9.88 Å². The van der Waals surface area contributed by atoms with E-state index < -0.39 is 4.92 Å². The van der Waals surface area contributed by atoms with E-state index in [0.717, 1.165) is 11.3 Å². The number of nitrogens with zero attached hydrogens (tertiary/aromatic N) is 5. The van der Waals surface area contributed by atoms with Crippen LogP contribution < -0.4 is 5.32 Å². The first-order valence-corrected chi connectivity index (χ1v) is 7.90. The third kappa shape index (κ3) is 3.18. The summed E-state index contributed by atoms with van der Waals surface area (Å²) in [5.41, 5.74) is 2.31. The van der Waals surface area contributed by atoms with Crippen molar-refractivity contribution < 1.29 is 9.72 Å². The van der Waals surface area contributed by atoms with Crippen molar-refractivity contribution in [1.82, 2.24) is 19.3 Å². The molecule has 0 aliphatic heterocycles. The highest BCUT2D eigenvalue weighted by atomic mass is 16.6. The van der Waals surface area contributed by atoms with Crippen LogP contribution in [0.5, 0.6) is 0 Å². The van der Waals surface area contributed by atoms with E-state index in [1.807, 2.05) is 14.0 Å². The van der Waals surface area contributed by atoms with Crippen molar-refractivity contribution >= 4 is 17.2 Å². The summed E-state index contributed by atoms with van der Waals surface area (Å²) in [6, 6.07) is 4.37. The lowest BCUT2D eigenvalue weighted by atomic mass is 10.1. The summed E-state index contributed by atoms with van der Waals surface area (Å²) >= 11 is 0. The van der Waals surface area contributed by atoms with E-state index in [0.29, 0.717) is 12.2 Å². The maximum atomic E-state index is 12.5. The molecule has 0 saturated heterocycles. The predicted octanol–water partition coefficient (Wildman–Crippen LogP) is 2.21. The average Bonchev–Trinajstić information content (AvgIpc) is 3.18. The summed E-state index contributed by atoms with van der Waals surface area (Å²) in [5, 5.41) is 18.6. The van der Waals surface area contributed by atoms with Gasteiger partial charge in [0.05, 0.1) is 11.1 Å². The smallest absolute Gasteiger partial charge is 0.293 e. The SMILES string of the molecule is Cc1c(CNc2ccc(C(=O)c3nccn3C)cc2[N+](=O)[O-])cnn1C. The number of ketones is 1. The van der Waals surface area contributed by atoms with Crippen molar-refractivity contribution in [3.8, 4) is 0 Å². The first-order valence-electron chi connectivity index (χ1n) is 7.90. The topological polar surface area (TPSA) is 108 Å². The van der Waals surface area contributed by atoms with Gasteiger partial charge in [0.1, 0.15) is 5.69 Å². The number of rotatable bonds is 6. The summed E-state index contributed by atoms with van der Waals surface area (Å²) in [7, 11) is 3.53. The molecule has 0 unspecified atom stereocenters. The Morgan fingerprint density at radius 1 is 1.35 bits per heavy atom. The lowest BCUT2D eigenvalue weighted by molar-refractivity contribution is -0.384. The van der Waals surface area contributed by atoms with Gasteiger partial charge in [-0.25, -0.2) is 4.98 Å². The number of imidazole rings is 1. The van der Waals surface area contributed by atoms with E-state index in [1.54, 1.807) is 40.8 Å². The molecule has 0 amide bonds. The minimum Gasteiger partial charge on any atom is -0.375 e. The Kier molecular flexibility index (Phi) is 4.53. The highest BCUT2D eigenvalue weighted by Gasteiger charge is 2.20. The average molecular weight is 354 g/mol. The van der Waals surface area contributed by atoms with Crippen molar-refractivity contribution in [2.45, 2.75) is 13.5 Å². The van der Waals surface area contributed by atoms with Crippen LogP contribution in [0.15, 0.2) is 36.8 Å². The number of anilines is 1. The van der Waals surface area contributed by atoms with Gasteiger partial charge in [-0.2, -0.15) is 5.10 Å². The van der Waals surface area contributed by atoms with Crippen LogP contribution in [0.4, 0.5) is 11.4 Å². The zero-order valence-electron chi connectivity index (χ0n) is 14.6. The second-order valence-electron chi connectivity index (χ2n) is 5.91. The molecule has 0 spiro atoms. The number of carbonyl (C=O) groups is 1. The van der Waals surface area contributed by atoms with E-state index in [-0.39, 0.29) is 22.9 Å². The van der Waals surface area contributed by atoms with Crippen LogP contribution in [0.3, 0.4) is 0 Å². The molecule has 1 aromatic carbocycles. The Balaban J connectivity index is 1.87. The minimum atomic E-state index is -0.506. The Bertz CT molecular complexity index is 988. The quantitative estimate of drug-likeness (QED) is 0.413. The molecule has 9 heteroatoms. The van der Waals surface area contributed by atoms with Gasteiger partial charge in [-0.3, -0.25) is 19.6 Å². The molecular formula is C17H18N6O3. The largest absolute Gasteiger partial charge is 0.375 e. The molecule has 9 nitrogen and oxygen atoms in total. The van der Waals surface area contributed by atoms with Crippen molar-refractivity contribution in [3.05, 3.63) is 69.5 Å². The van der Waals surface area contributed by atoms with E-state index in [4.69, 9.17) is 0 Å². The maximum Gasteiger partial charge on any atom is 0.293 e.